The lowest BCUT2D eigenvalue weighted by Gasteiger charge is -2.10. The molecule has 0 fully saturated rings. The SMILES string of the molecule is CC(N)CC(=O)Nc1ccc(CCN(C)C)cc1. The smallest absolute Gasteiger partial charge is 0.225 e. The van der Waals surface area contributed by atoms with Gasteiger partial charge in [-0.1, -0.05) is 12.1 Å². The molecule has 1 atom stereocenters. The molecule has 0 radical (unpaired) electrons. The second kappa shape index (κ2) is 7.13. The molecule has 0 aliphatic rings. The number of benzene rings is 1. The number of nitrogens with zero attached hydrogens (tertiary/aromatic N) is 1. The number of rotatable bonds is 6. The van der Waals surface area contributed by atoms with E-state index in [1.54, 1.807) is 0 Å². The predicted molar refractivity (Wildman–Crippen MR) is 75.6 cm³/mol. The second-order valence-corrected chi connectivity index (χ2v) is 4.98. The van der Waals surface area contributed by atoms with Crippen LogP contribution in [0.3, 0.4) is 0 Å². The molecule has 1 aromatic rings. The van der Waals surface area contributed by atoms with Crippen molar-refractivity contribution in [2.45, 2.75) is 25.8 Å². The Kier molecular flexibility index (Phi) is 5.82. The van der Waals surface area contributed by atoms with Gasteiger partial charge in [0.1, 0.15) is 0 Å². The zero-order valence-corrected chi connectivity index (χ0v) is 11.4. The average Bonchev–Trinajstić information content (AvgIpc) is 2.26. The number of hydrogen-bond acceptors (Lipinski definition) is 3. The molecule has 100 valence electrons. The Hall–Kier alpha value is -1.39. The molecule has 0 heterocycles. The summed E-state index contributed by atoms with van der Waals surface area (Å²) >= 11 is 0. The Morgan fingerprint density at radius 3 is 2.44 bits per heavy atom. The van der Waals surface area contributed by atoms with Crippen molar-refractivity contribution in [2.24, 2.45) is 5.73 Å². The summed E-state index contributed by atoms with van der Waals surface area (Å²) in [5.74, 6) is -0.0361. The molecule has 4 heteroatoms. The summed E-state index contributed by atoms with van der Waals surface area (Å²) in [4.78, 5) is 13.7. The highest BCUT2D eigenvalue weighted by Gasteiger charge is 2.05. The van der Waals surface area contributed by atoms with Gasteiger partial charge in [-0.2, -0.15) is 0 Å². The molecule has 3 N–H and O–H groups in total. The van der Waals surface area contributed by atoms with Crippen LogP contribution in [-0.2, 0) is 11.2 Å². The molecule has 1 amide bonds. The van der Waals surface area contributed by atoms with Gasteiger partial charge in [-0.25, -0.2) is 0 Å². The van der Waals surface area contributed by atoms with E-state index in [1.807, 2.05) is 31.2 Å². The third-order valence-electron chi connectivity index (χ3n) is 2.59. The van der Waals surface area contributed by atoms with Crippen LogP contribution in [0, 0.1) is 0 Å². The zero-order valence-electron chi connectivity index (χ0n) is 11.4. The van der Waals surface area contributed by atoms with Crippen molar-refractivity contribution in [3.63, 3.8) is 0 Å². The number of amides is 1. The van der Waals surface area contributed by atoms with Gasteiger partial charge in [-0.05, 0) is 45.1 Å². The minimum atomic E-state index is -0.107. The Balaban J connectivity index is 2.47. The lowest BCUT2D eigenvalue weighted by molar-refractivity contribution is -0.116. The fourth-order valence-electron chi connectivity index (χ4n) is 1.61. The maximum atomic E-state index is 11.5. The van der Waals surface area contributed by atoms with Gasteiger partial charge in [0, 0.05) is 24.7 Å². The van der Waals surface area contributed by atoms with Gasteiger partial charge in [0.2, 0.25) is 5.91 Å². The molecule has 1 unspecified atom stereocenters. The highest BCUT2D eigenvalue weighted by molar-refractivity contribution is 5.91. The van der Waals surface area contributed by atoms with E-state index in [0.717, 1.165) is 18.7 Å². The number of likely N-dealkylation sites (N-methyl/N-ethyl adjacent to an activating group) is 1. The van der Waals surface area contributed by atoms with Crippen LogP contribution in [0.15, 0.2) is 24.3 Å². The van der Waals surface area contributed by atoms with E-state index in [2.05, 4.69) is 24.3 Å². The molecule has 0 saturated carbocycles. The highest BCUT2D eigenvalue weighted by atomic mass is 16.1. The number of nitrogens with two attached hydrogens (primary N) is 1. The summed E-state index contributed by atoms with van der Waals surface area (Å²) in [5.41, 5.74) is 7.67. The first-order chi connectivity index (χ1) is 8.47. The average molecular weight is 249 g/mol. The molecule has 0 aliphatic carbocycles. The van der Waals surface area contributed by atoms with Gasteiger partial charge in [0.05, 0.1) is 0 Å². The van der Waals surface area contributed by atoms with Crippen LogP contribution in [0.4, 0.5) is 5.69 Å². The Labute approximate surface area is 109 Å². The van der Waals surface area contributed by atoms with Crippen LogP contribution in [0.1, 0.15) is 18.9 Å². The summed E-state index contributed by atoms with van der Waals surface area (Å²) in [6.45, 7) is 2.85. The van der Waals surface area contributed by atoms with Crippen LogP contribution in [0.2, 0.25) is 0 Å². The molecule has 4 nitrogen and oxygen atoms in total. The number of carbonyl (C=O) groups is 1. The summed E-state index contributed by atoms with van der Waals surface area (Å²) < 4.78 is 0. The molecule has 0 saturated heterocycles. The molecule has 0 spiro atoms. The van der Waals surface area contributed by atoms with E-state index in [4.69, 9.17) is 5.73 Å². The molecule has 0 bridgehead atoms. The first-order valence-corrected chi connectivity index (χ1v) is 6.26. The lowest BCUT2D eigenvalue weighted by Crippen LogP contribution is -2.23. The van der Waals surface area contributed by atoms with Gasteiger partial charge < -0.3 is 16.0 Å². The normalized spacial score (nSPS) is 12.5. The van der Waals surface area contributed by atoms with Crippen molar-refractivity contribution in [3.05, 3.63) is 29.8 Å². The third-order valence-corrected chi connectivity index (χ3v) is 2.59. The van der Waals surface area contributed by atoms with E-state index in [1.165, 1.54) is 5.56 Å². The topological polar surface area (TPSA) is 58.4 Å². The van der Waals surface area contributed by atoms with E-state index in [9.17, 15) is 4.79 Å². The molecule has 18 heavy (non-hydrogen) atoms. The maximum Gasteiger partial charge on any atom is 0.225 e. The van der Waals surface area contributed by atoms with Gasteiger partial charge in [0.15, 0.2) is 0 Å². The van der Waals surface area contributed by atoms with Crippen LogP contribution in [0.25, 0.3) is 0 Å². The summed E-state index contributed by atoms with van der Waals surface area (Å²) in [5, 5.41) is 2.84. The Bertz CT molecular complexity index is 371. The fourth-order valence-corrected chi connectivity index (χ4v) is 1.61. The first-order valence-electron chi connectivity index (χ1n) is 6.26. The monoisotopic (exact) mass is 249 g/mol. The lowest BCUT2D eigenvalue weighted by atomic mass is 10.1. The van der Waals surface area contributed by atoms with Gasteiger partial charge in [0.25, 0.3) is 0 Å². The fraction of sp³-hybridized carbons (Fsp3) is 0.500. The van der Waals surface area contributed by atoms with Crippen molar-refractivity contribution >= 4 is 11.6 Å². The van der Waals surface area contributed by atoms with Crippen molar-refractivity contribution in [1.29, 1.82) is 0 Å². The van der Waals surface area contributed by atoms with Crippen molar-refractivity contribution in [2.75, 3.05) is 26.0 Å². The molecule has 0 aromatic heterocycles. The quantitative estimate of drug-likeness (QED) is 0.802. The van der Waals surface area contributed by atoms with E-state index in [0.29, 0.717) is 6.42 Å². The second-order valence-electron chi connectivity index (χ2n) is 4.98. The van der Waals surface area contributed by atoms with Crippen molar-refractivity contribution in [3.8, 4) is 0 Å². The van der Waals surface area contributed by atoms with E-state index < -0.39 is 0 Å². The number of carbonyl (C=O) groups excluding carboxylic acids is 1. The minimum absolute atomic E-state index is 0.0361. The van der Waals surface area contributed by atoms with Crippen LogP contribution in [0.5, 0.6) is 0 Å². The summed E-state index contributed by atoms with van der Waals surface area (Å²) in [6.07, 6.45) is 1.36. The number of hydrogen-bond donors (Lipinski definition) is 2. The Morgan fingerprint density at radius 2 is 1.94 bits per heavy atom. The third kappa shape index (κ3) is 5.80. The number of anilines is 1. The van der Waals surface area contributed by atoms with Crippen LogP contribution >= 0.6 is 0 Å². The predicted octanol–water partition coefficient (Wildman–Crippen LogP) is 1.47. The van der Waals surface area contributed by atoms with Crippen molar-refractivity contribution < 1.29 is 4.79 Å². The van der Waals surface area contributed by atoms with Crippen LogP contribution < -0.4 is 11.1 Å². The largest absolute Gasteiger partial charge is 0.327 e. The highest BCUT2D eigenvalue weighted by Crippen LogP contribution is 2.10. The maximum absolute atomic E-state index is 11.5. The van der Waals surface area contributed by atoms with Gasteiger partial charge >= 0.3 is 0 Å². The minimum Gasteiger partial charge on any atom is -0.327 e. The standard InChI is InChI=1S/C14H23N3O/c1-11(15)10-14(18)16-13-6-4-12(5-7-13)8-9-17(2)3/h4-7,11H,8-10,15H2,1-3H3,(H,16,18). The van der Waals surface area contributed by atoms with E-state index in [-0.39, 0.29) is 11.9 Å². The number of nitrogens with one attached hydrogen (secondary N) is 1. The summed E-state index contributed by atoms with van der Waals surface area (Å²) in [7, 11) is 4.12. The molecule has 0 aliphatic heterocycles. The molecule has 1 aromatic carbocycles. The van der Waals surface area contributed by atoms with E-state index >= 15 is 0 Å². The molecular formula is C14H23N3O. The van der Waals surface area contributed by atoms with Gasteiger partial charge in [-0.15, -0.1) is 0 Å². The van der Waals surface area contributed by atoms with Gasteiger partial charge in [-0.3, -0.25) is 4.79 Å². The zero-order chi connectivity index (χ0) is 13.5. The summed E-state index contributed by atoms with van der Waals surface area (Å²) in [6, 6.07) is 7.86. The first kappa shape index (κ1) is 14.7. The molecular weight excluding hydrogens is 226 g/mol. The van der Waals surface area contributed by atoms with Crippen molar-refractivity contribution in [1.82, 2.24) is 4.90 Å². The Morgan fingerprint density at radius 1 is 1.33 bits per heavy atom. The van der Waals surface area contributed by atoms with Crippen LogP contribution in [-0.4, -0.2) is 37.5 Å². The molecule has 1 rings (SSSR count).